The number of ether oxygens (including phenoxy) is 1. The molecular formula is C18H16N6O3. The number of pyridine rings is 1. The molecule has 0 bridgehead atoms. The van der Waals surface area contributed by atoms with Gasteiger partial charge >= 0.3 is 0 Å². The number of nitrogens with one attached hydrogen (secondary N) is 4. The monoisotopic (exact) mass is 364 g/mol. The minimum atomic E-state index is -0.475. The molecule has 0 aliphatic carbocycles. The highest BCUT2D eigenvalue weighted by molar-refractivity contribution is 5.90. The molecule has 9 nitrogen and oxygen atoms in total. The van der Waals surface area contributed by atoms with E-state index in [1.165, 1.54) is 12.3 Å². The smallest absolute Gasteiger partial charge is 0.264 e. The third kappa shape index (κ3) is 3.56. The lowest BCUT2D eigenvalue weighted by molar-refractivity contribution is -0.118. The summed E-state index contributed by atoms with van der Waals surface area (Å²) in [7, 11) is 0. The standard InChI is InChI=1S/C18H16N6O3/c1-10-6-14(25)15(8-19-10)27-9-16(26)21-18-22-17(23-24-18)13-7-11-4-2-3-5-12(11)20-13/h2-8,20H,9H2,1H3,(H,19,25)(H2,21,22,23,24,26). The zero-order valence-corrected chi connectivity index (χ0v) is 14.4. The number of amides is 1. The Labute approximate surface area is 152 Å². The predicted molar refractivity (Wildman–Crippen MR) is 99.6 cm³/mol. The van der Waals surface area contributed by atoms with Crippen LogP contribution in [0, 0.1) is 6.92 Å². The normalized spacial score (nSPS) is 10.9. The topological polar surface area (TPSA) is 129 Å². The van der Waals surface area contributed by atoms with Gasteiger partial charge in [0.15, 0.2) is 18.2 Å². The zero-order chi connectivity index (χ0) is 18.8. The first-order valence-corrected chi connectivity index (χ1v) is 8.21. The lowest BCUT2D eigenvalue weighted by Gasteiger charge is -2.04. The Kier molecular flexibility index (Phi) is 4.17. The van der Waals surface area contributed by atoms with Gasteiger partial charge < -0.3 is 14.7 Å². The molecule has 0 fully saturated rings. The fraction of sp³-hybridized carbons (Fsp3) is 0.111. The highest BCUT2D eigenvalue weighted by atomic mass is 16.5. The molecule has 0 aliphatic rings. The number of nitrogens with zero attached hydrogens (tertiary/aromatic N) is 2. The minimum absolute atomic E-state index is 0.0736. The van der Waals surface area contributed by atoms with Crippen LogP contribution in [0.5, 0.6) is 5.75 Å². The van der Waals surface area contributed by atoms with E-state index in [4.69, 9.17) is 4.74 Å². The molecule has 0 saturated carbocycles. The number of H-pyrrole nitrogens is 3. The molecule has 1 amide bonds. The van der Waals surface area contributed by atoms with Crippen molar-refractivity contribution < 1.29 is 9.53 Å². The second-order valence-electron chi connectivity index (χ2n) is 5.96. The van der Waals surface area contributed by atoms with E-state index < -0.39 is 5.91 Å². The van der Waals surface area contributed by atoms with Crippen molar-refractivity contribution in [3.05, 3.63) is 58.5 Å². The van der Waals surface area contributed by atoms with Crippen molar-refractivity contribution in [2.24, 2.45) is 0 Å². The fourth-order valence-electron chi connectivity index (χ4n) is 2.62. The van der Waals surface area contributed by atoms with Gasteiger partial charge in [0.25, 0.3) is 5.91 Å². The maximum atomic E-state index is 12.0. The summed E-state index contributed by atoms with van der Waals surface area (Å²) in [6.07, 6.45) is 1.42. The highest BCUT2D eigenvalue weighted by Crippen LogP contribution is 2.21. The zero-order valence-electron chi connectivity index (χ0n) is 14.4. The van der Waals surface area contributed by atoms with E-state index in [0.717, 1.165) is 16.6 Å². The Hall–Kier alpha value is -3.88. The van der Waals surface area contributed by atoms with Gasteiger partial charge in [-0.25, -0.2) is 0 Å². The molecule has 0 atom stereocenters. The van der Waals surface area contributed by atoms with Crippen LogP contribution in [0.3, 0.4) is 0 Å². The second kappa shape index (κ2) is 6.79. The number of hydrogen-bond acceptors (Lipinski definition) is 5. The van der Waals surface area contributed by atoms with Gasteiger partial charge in [-0.1, -0.05) is 18.2 Å². The lowest BCUT2D eigenvalue weighted by atomic mass is 10.2. The predicted octanol–water partition coefficient (Wildman–Crippen LogP) is 1.97. The third-order valence-electron chi connectivity index (χ3n) is 3.90. The first-order chi connectivity index (χ1) is 13.1. The summed E-state index contributed by atoms with van der Waals surface area (Å²) >= 11 is 0. The average molecular weight is 364 g/mol. The molecule has 0 radical (unpaired) electrons. The van der Waals surface area contributed by atoms with Crippen LogP contribution in [0.2, 0.25) is 0 Å². The summed E-state index contributed by atoms with van der Waals surface area (Å²) in [4.78, 5) is 34.1. The number of rotatable bonds is 5. The van der Waals surface area contributed by atoms with Crippen molar-refractivity contribution in [1.82, 2.24) is 25.1 Å². The molecule has 4 aromatic rings. The maximum absolute atomic E-state index is 12.0. The van der Waals surface area contributed by atoms with Gasteiger partial charge in [-0.3, -0.25) is 20.0 Å². The van der Waals surface area contributed by atoms with Crippen LogP contribution in [0.1, 0.15) is 5.69 Å². The summed E-state index contributed by atoms with van der Waals surface area (Å²) in [6.45, 7) is 1.42. The van der Waals surface area contributed by atoms with E-state index in [1.54, 1.807) is 6.92 Å². The number of aryl methyl sites for hydroxylation is 1. The van der Waals surface area contributed by atoms with E-state index in [9.17, 15) is 9.59 Å². The molecule has 0 unspecified atom stereocenters. The Morgan fingerprint density at radius 1 is 1.26 bits per heavy atom. The Balaban J connectivity index is 1.41. The Bertz CT molecular complexity index is 1140. The third-order valence-corrected chi connectivity index (χ3v) is 3.90. The van der Waals surface area contributed by atoms with Crippen LogP contribution >= 0.6 is 0 Å². The van der Waals surface area contributed by atoms with Gasteiger partial charge in [0.2, 0.25) is 11.4 Å². The molecule has 3 heterocycles. The minimum Gasteiger partial charge on any atom is -0.478 e. The molecule has 136 valence electrons. The van der Waals surface area contributed by atoms with Gasteiger partial charge in [0.05, 0.1) is 5.69 Å². The molecule has 0 saturated heterocycles. The second-order valence-corrected chi connectivity index (χ2v) is 5.96. The van der Waals surface area contributed by atoms with E-state index in [2.05, 4.69) is 30.5 Å². The summed E-state index contributed by atoms with van der Waals surface area (Å²) in [5.41, 5.74) is 2.15. The molecule has 9 heteroatoms. The van der Waals surface area contributed by atoms with Crippen molar-refractivity contribution >= 4 is 22.8 Å². The van der Waals surface area contributed by atoms with Crippen molar-refractivity contribution in [3.63, 3.8) is 0 Å². The maximum Gasteiger partial charge on any atom is 0.264 e. The number of benzene rings is 1. The molecule has 4 rings (SSSR count). The number of hydrogen-bond donors (Lipinski definition) is 4. The van der Waals surface area contributed by atoms with E-state index >= 15 is 0 Å². The van der Waals surface area contributed by atoms with Crippen molar-refractivity contribution in [2.75, 3.05) is 11.9 Å². The Morgan fingerprint density at radius 2 is 2.11 bits per heavy atom. The summed E-state index contributed by atoms with van der Waals surface area (Å²) in [5, 5.41) is 10.3. The number of carbonyl (C=O) groups is 1. The quantitative estimate of drug-likeness (QED) is 0.430. The first kappa shape index (κ1) is 16.6. The molecule has 0 spiro atoms. The van der Waals surface area contributed by atoms with Crippen molar-refractivity contribution in [3.8, 4) is 17.3 Å². The van der Waals surface area contributed by atoms with Gasteiger partial charge in [-0.2, -0.15) is 4.98 Å². The van der Waals surface area contributed by atoms with E-state index in [1.807, 2.05) is 30.3 Å². The van der Waals surface area contributed by atoms with Gasteiger partial charge in [0.1, 0.15) is 0 Å². The average Bonchev–Trinajstić information content (AvgIpc) is 3.27. The van der Waals surface area contributed by atoms with Gasteiger partial charge in [-0.15, -0.1) is 5.10 Å². The van der Waals surface area contributed by atoms with Crippen LogP contribution in [0.4, 0.5) is 5.95 Å². The van der Waals surface area contributed by atoms with Crippen molar-refractivity contribution in [1.29, 1.82) is 0 Å². The van der Waals surface area contributed by atoms with E-state index in [0.29, 0.717) is 11.5 Å². The summed E-state index contributed by atoms with van der Waals surface area (Å²) in [5.74, 6) is 0.217. The Morgan fingerprint density at radius 3 is 2.93 bits per heavy atom. The number of aromatic amines is 3. The molecule has 27 heavy (non-hydrogen) atoms. The van der Waals surface area contributed by atoms with Gasteiger partial charge in [-0.05, 0) is 19.1 Å². The number of aromatic nitrogens is 5. The summed E-state index contributed by atoms with van der Waals surface area (Å²) < 4.78 is 5.23. The molecule has 3 aromatic heterocycles. The van der Waals surface area contributed by atoms with Gasteiger partial charge in [0, 0.05) is 28.9 Å². The van der Waals surface area contributed by atoms with Crippen LogP contribution in [-0.4, -0.2) is 37.7 Å². The first-order valence-electron chi connectivity index (χ1n) is 8.21. The van der Waals surface area contributed by atoms with Crippen LogP contribution in [-0.2, 0) is 4.79 Å². The number of carbonyl (C=O) groups excluding carboxylic acids is 1. The SMILES string of the molecule is Cc1cc(=O)c(OCC(=O)Nc2n[nH]c(-c3cc4ccccc4[nH]3)n2)c[nH]1. The van der Waals surface area contributed by atoms with Crippen LogP contribution in [0.25, 0.3) is 22.4 Å². The summed E-state index contributed by atoms with van der Waals surface area (Å²) in [6, 6.07) is 11.2. The number of anilines is 1. The van der Waals surface area contributed by atoms with Crippen molar-refractivity contribution in [2.45, 2.75) is 6.92 Å². The highest BCUT2D eigenvalue weighted by Gasteiger charge is 2.12. The molecule has 4 N–H and O–H groups in total. The molecule has 1 aromatic carbocycles. The van der Waals surface area contributed by atoms with Crippen LogP contribution < -0.4 is 15.5 Å². The molecular weight excluding hydrogens is 348 g/mol. The lowest BCUT2D eigenvalue weighted by Crippen LogP contribution is -2.22. The number of fused-ring (bicyclic) bond motifs is 1. The van der Waals surface area contributed by atoms with Crippen LogP contribution in [0.15, 0.2) is 47.4 Å². The number of para-hydroxylation sites is 1. The molecule has 0 aliphatic heterocycles. The fourth-order valence-corrected chi connectivity index (χ4v) is 2.62. The largest absolute Gasteiger partial charge is 0.478 e. The van der Waals surface area contributed by atoms with E-state index in [-0.39, 0.29) is 23.7 Å².